The van der Waals surface area contributed by atoms with Gasteiger partial charge in [0.2, 0.25) is 0 Å². The number of nitrogens with one attached hydrogen (secondary N) is 2. The van der Waals surface area contributed by atoms with Crippen LogP contribution in [0.15, 0.2) is 42.9 Å². The lowest BCUT2D eigenvalue weighted by Crippen LogP contribution is -2.49. The highest BCUT2D eigenvalue weighted by Gasteiger charge is 2.31. The maximum atomic E-state index is 11.9. The molecule has 0 radical (unpaired) electrons. The van der Waals surface area contributed by atoms with Gasteiger partial charge in [0.05, 0.1) is 11.8 Å². The molecule has 6 nitrogen and oxygen atoms in total. The Bertz CT molecular complexity index is 857. The third kappa shape index (κ3) is 2.01. The first-order valence-corrected chi connectivity index (χ1v) is 7.37. The molecule has 1 aliphatic heterocycles. The topological polar surface area (TPSA) is 73.9 Å². The van der Waals surface area contributed by atoms with Gasteiger partial charge in [0, 0.05) is 18.1 Å². The van der Waals surface area contributed by atoms with E-state index in [0.717, 1.165) is 16.5 Å². The number of aromatic nitrogens is 3. The number of hydrogen-bond acceptors (Lipinski definition) is 5. The number of H-pyrrole nitrogens is 1. The van der Waals surface area contributed by atoms with Gasteiger partial charge in [0.25, 0.3) is 5.91 Å². The molecule has 2 N–H and O–H groups in total. The first-order chi connectivity index (χ1) is 10.7. The van der Waals surface area contributed by atoms with Crippen molar-refractivity contribution in [3.05, 3.63) is 54.1 Å². The highest BCUT2D eigenvalue weighted by molar-refractivity contribution is 7.81. The average molecular weight is 311 g/mol. The first kappa shape index (κ1) is 13.1. The average Bonchev–Trinajstić information content (AvgIpc) is 3.01. The van der Waals surface area contributed by atoms with Crippen molar-refractivity contribution in [3.8, 4) is 0 Å². The summed E-state index contributed by atoms with van der Waals surface area (Å²) < 4.78 is 0. The lowest BCUT2D eigenvalue weighted by atomic mass is 10.1. The monoisotopic (exact) mass is 311 g/mol. The molecule has 0 fully saturated rings. The summed E-state index contributed by atoms with van der Waals surface area (Å²) in [6.45, 7) is 0.579. The molecule has 1 aromatic carbocycles. The maximum absolute atomic E-state index is 11.9. The van der Waals surface area contributed by atoms with E-state index in [0.29, 0.717) is 18.1 Å². The third-order valence-electron chi connectivity index (χ3n) is 3.75. The number of carbonyl (C=O) groups excluding carboxylic acids is 1. The van der Waals surface area contributed by atoms with Gasteiger partial charge in [-0.25, -0.2) is 4.98 Å². The van der Waals surface area contributed by atoms with E-state index < -0.39 is 5.50 Å². The zero-order chi connectivity index (χ0) is 15.1. The number of benzene rings is 1. The predicted molar refractivity (Wildman–Crippen MR) is 86.8 cm³/mol. The zero-order valence-electron chi connectivity index (χ0n) is 11.5. The number of anilines is 1. The standard InChI is InChI=1S/C15H13N5OS/c21-14-12-13(18-8-17-12)20(15(22)19-14)7-9-5-6-16-11-4-2-1-3-10(9)11/h1-6,8,15,22H,7H2,(H,17,18)(H,19,21). The second-order valence-electron chi connectivity index (χ2n) is 5.06. The molecule has 0 spiro atoms. The number of aromatic amines is 1. The summed E-state index contributed by atoms with van der Waals surface area (Å²) in [4.78, 5) is 25.3. The lowest BCUT2D eigenvalue weighted by Gasteiger charge is -2.33. The molecule has 1 unspecified atom stereocenters. The summed E-state index contributed by atoms with van der Waals surface area (Å²) in [5.41, 5.74) is 2.09. The van der Waals surface area contributed by atoms with Crippen LogP contribution < -0.4 is 10.2 Å². The Hall–Kier alpha value is -2.54. The molecule has 1 aliphatic rings. The third-order valence-corrected chi connectivity index (χ3v) is 4.16. The summed E-state index contributed by atoms with van der Waals surface area (Å²) in [6, 6.07) is 9.96. The van der Waals surface area contributed by atoms with E-state index in [1.165, 1.54) is 6.33 Å². The highest BCUT2D eigenvalue weighted by atomic mass is 32.1. The Labute approximate surface area is 132 Å². The van der Waals surface area contributed by atoms with Crippen LogP contribution in [0.3, 0.4) is 0 Å². The van der Waals surface area contributed by atoms with Crippen molar-refractivity contribution in [2.75, 3.05) is 4.90 Å². The van der Waals surface area contributed by atoms with Crippen LogP contribution in [0.2, 0.25) is 0 Å². The van der Waals surface area contributed by atoms with Gasteiger partial charge >= 0.3 is 0 Å². The fourth-order valence-electron chi connectivity index (χ4n) is 2.69. The minimum atomic E-state index is -0.421. The molecule has 0 bridgehead atoms. The quantitative estimate of drug-likeness (QED) is 0.632. The number of fused-ring (bicyclic) bond motifs is 2. The van der Waals surface area contributed by atoms with Crippen LogP contribution in [0.4, 0.5) is 5.82 Å². The maximum Gasteiger partial charge on any atom is 0.273 e. The van der Waals surface area contributed by atoms with Crippen molar-refractivity contribution in [2.24, 2.45) is 0 Å². The van der Waals surface area contributed by atoms with Gasteiger partial charge in [-0.1, -0.05) is 18.2 Å². The summed E-state index contributed by atoms with van der Waals surface area (Å²) >= 11 is 4.46. The molecule has 110 valence electrons. The number of carbonyl (C=O) groups is 1. The first-order valence-electron chi connectivity index (χ1n) is 6.85. The van der Waals surface area contributed by atoms with Crippen LogP contribution in [0, 0.1) is 0 Å². The van der Waals surface area contributed by atoms with Gasteiger partial charge in [0.1, 0.15) is 11.2 Å². The van der Waals surface area contributed by atoms with E-state index in [4.69, 9.17) is 0 Å². The number of imidazole rings is 1. The SMILES string of the molecule is O=C1NC(S)N(Cc2ccnc3ccccc23)c2nc[nH]c21. The molecule has 0 saturated heterocycles. The number of para-hydroxylation sites is 1. The van der Waals surface area contributed by atoms with E-state index in [9.17, 15) is 4.79 Å². The molecule has 1 atom stereocenters. The van der Waals surface area contributed by atoms with E-state index in [2.05, 4.69) is 32.9 Å². The number of pyridine rings is 1. The van der Waals surface area contributed by atoms with Crippen molar-refractivity contribution < 1.29 is 4.79 Å². The minimum absolute atomic E-state index is 0.191. The smallest absolute Gasteiger partial charge is 0.273 e. The molecule has 3 aromatic rings. The number of amides is 1. The van der Waals surface area contributed by atoms with E-state index in [1.807, 2.05) is 35.2 Å². The molecule has 1 amide bonds. The normalized spacial score (nSPS) is 17.4. The summed E-state index contributed by atoms with van der Waals surface area (Å²) in [7, 11) is 0. The predicted octanol–water partition coefficient (Wildman–Crippen LogP) is 1.92. The van der Waals surface area contributed by atoms with Crippen molar-refractivity contribution in [3.63, 3.8) is 0 Å². The van der Waals surface area contributed by atoms with E-state index >= 15 is 0 Å². The highest BCUT2D eigenvalue weighted by Crippen LogP contribution is 2.27. The zero-order valence-corrected chi connectivity index (χ0v) is 12.4. The molecular weight excluding hydrogens is 298 g/mol. The Balaban J connectivity index is 1.77. The number of nitrogens with zero attached hydrogens (tertiary/aromatic N) is 3. The van der Waals surface area contributed by atoms with Crippen molar-refractivity contribution >= 4 is 35.3 Å². The van der Waals surface area contributed by atoms with E-state index in [1.54, 1.807) is 6.20 Å². The fourth-order valence-corrected chi connectivity index (χ4v) is 3.00. The van der Waals surface area contributed by atoms with Crippen LogP contribution in [0.5, 0.6) is 0 Å². The largest absolute Gasteiger partial charge is 0.339 e. The molecule has 3 heterocycles. The molecular formula is C15H13N5OS. The number of rotatable bonds is 2. The lowest BCUT2D eigenvalue weighted by molar-refractivity contribution is 0.0937. The second kappa shape index (κ2) is 5.03. The molecule has 0 aliphatic carbocycles. The van der Waals surface area contributed by atoms with Gasteiger partial charge < -0.3 is 15.2 Å². The number of thiol groups is 1. The fraction of sp³-hybridized carbons (Fsp3) is 0.133. The van der Waals surface area contributed by atoms with Crippen molar-refractivity contribution in [1.82, 2.24) is 20.3 Å². The van der Waals surface area contributed by atoms with Crippen LogP contribution >= 0.6 is 12.6 Å². The van der Waals surface area contributed by atoms with Crippen LogP contribution in [0.1, 0.15) is 16.1 Å². The van der Waals surface area contributed by atoms with Gasteiger partial charge in [0.15, 0.2) is 5.82 Å². The van der Waals surface area contributed by atoms with E-state index in [-0.39, 0.29) is 5.91 Å². The number of hydrogen-bond donors (Lipinski definition) is 3. The van der Waals surface area contributed by atoms with Crippen molar-refractivity contribution in [2.45, 2.75) is 12.0 Å². The molecule has 7 heteroatoms. The van der Waals surface area contributed by atoms with Crippen LogP contribution in [0.25, 0.3) is 10.9 Å². The Morgan fingerprint density at radius 3 is 3.00 bits per heavy atom. The Morgan fingerprint density at radius 1 is 1.23 bits per heavy atom. The second-order valence-corrected chi connectivity index (χ2v) is 5.55. The van der Waals surface area contributed by atoms with Crippen molar-refractivity contribution in [1.29, 1.82) is 0 Å². The van der Waals surface area contributed by atoms with Gasteiger partial charge in [-0.3, -0.25) is 9.78 Å². The summed E-state index contributed by atoms with van der Waals surface area (Å²) in [5.74, 6) is 0.424. The Morgan fingerprint density at radius 2 is 2.09 bits per heavy atom. The van der Waals surface area contributed by atoms with Gasteiger partial charge in [-0.05, 0) is 17.7 Å². The molecule has 0 saturated carbocycles. The van der Waals surface area contributed by atoms with Crippen LogP contribution in [-0.4, -0.2) is 26.4 Å². The van der Waals surface area contributed by atoms with Gasteiger partial charge in [-0.15, -0.1) is 12.6 Å². The molecule has 4 rings (SSSR count). The summed E-state index contributed by atoms with van der Waals surface area (Å²) in [6.07, 6.45) is 3.31. The molecule has 2 aromatic heterocycles. The Kier molecular flexibility index (Phi) is 3.00. The van der Waals surface area contributed by atoms with Crippen LogP contribution in [-0.2, 0) is 6.54 Å². The van der Waals surface area contributed by atoms with Gasteiger partial charge in [-0.2, -0.15) is 0 Å². The summed E-state index contributed by atoms with van der Waals surface area (Å²) in [5, 5.41) is 3.89. The molecule has 22 heavy (non-hydrogen) atoms. The minimum Gasteiger partial charge on any atom is -0.339 e.